The summed E-state index contributed by atoms with van der Waals surface area (Å²) in [5.41, 5.74) is 0.587. The molecule has 2 amide bonds. The summed E-state index contributed by atoms with van der Waals surface area (Å²) in [6, 6.07) is 4.87. The predicted molar refractivity (Wildman–Crippen MR) is 88.2 cm³/mol. The quantitative estimate of drug-likeness (QED) is 0.860. The number of nitrogens with zero attached hydrogens (tertiary/aromatic N) is 1. The van der Waals surface area contributed by atoms with Gasteiger partial charge in [-0.15, -0.1) is 0 Å². The van der Waals surface area contributed by atoms with Crippen molar-refractivity contribution in [1.82, 2.24) is 4.90 Å². The van der Waals surface area contributed by atoms with Gasteiger partial charge in [-0.05, 0) is 37.5 Å². The van der Waals surface area contributed by atoms with Gasteiger partial charge in [0.25, 0.3) is 0 Å². The topological polar surface area (TPSA) is 78.9 Å². The highest BCUT2D eigenvalue weighted by atomic mass is 35.5. The molecule has 23 heavy (non-hydrogen) atoms. The average Bonchev–Trinajstić information content (AvgIpc) is 2.54. The number of carboxylic acid groups (broad SMARTS) is 1. The zero-order chi connectivity index (χ0) is 16.8. The molecule has 2 rings (SSSR count). The molecule has 1 saturated heterocycles. The number of ether oxygens (including phenoxy) is 1. The molecular weight excluding hydrogens is 320 g/mol. The Morgan fingerprint density at radius 1 is 1.39 bits per heavy atom. The van der Waals surface area contributed by atoms with E-state index in [9.17, 15) is 9.59 Å². The fraction of sp³-hybridized carbons (Fsp3) is 0.500. The summed E-state index contributed by atoms with van der Waals surface area (Å²) in [7, 11) is 0. The Hall–Kier alpha value is -1.95. The number of halogens is 1. The molecule has 1 aromatic rings. The molecule has 1 aromatic carbocycles. The second kappa shape index (κ2) is 8.06. The van der Waals surface area contributed by atoms with E-state index in [0.29, 0.717) is 49.0 Å². The lowest BCUT2D eigenvalue weighted by molar-refractivity contribution is -0.143. The van der Waals surface area contributed by atoms with Crippen LogP contribution in [0.4, 0.5) is 10.5 Å². The molecule has 0 aliphatic carbocycles. The van der Waals surface area contributed by atoms with Crippen molar-refractivity contribution in [3.8, 4) is 5.75 Å². The van der Waals surface area contributed by atoms with Crippen LogP contribution < -0.4 is 10.1 Å². The average molecular weight is 341 g/mol. The van der Waals surface area contributed by atoms with E-state index in [2.05, 4.69) is 5.32 Å². The van der Waals surface area contributed by atoms with Crippen LogP contribution in [-0.4, -0.2) is 41.7 Å². The molecule has 0 aromatic heterocycles. The molecule has 6 nitrogen and oxygen atoms in total. The zero-order valence-electron chi connectivity index (χ0n) is 13.0. The summed E-state index contributed by atoms with van der Waals surface area (Å²) < 4.78 is 5.49. The Morgan fingerprint density at radius 2 is 2.09 bits per heavy atom. The monoisotopic (exact) mass is 340 g/mol. The number of aliphatic carboxylic acids is 1. The van der Waals surface area contributed by atoms with Crippen molar-refractivity contribution in [1.29, 1.82) is 0 Å². The molecule has 1 aliphatic heterocycles. The number of carboxylic acids is 1. The lowest BCUT2D eigenvalue weighted by Gasteiger charge is -2.30. The molecule has 0 unspecified atom stereocenters. The zero-order valence-corrected chi connectivity index (χ0v) is 13.8. The molecule has 1 fully saturated rings. The molecule has 0 spiro atoms. The van der Waals surface area contributed by atoms with Gasteiger partial charge >= 0.3 is 12.0 Å². The van der Waals surface area contributed by atoms with Crippen LogP contribution in [0.15, 0.2) is 18.2 Å². The van der Waals surface area contributed by atoms with E-state index >= 15 is 0 Å². The molecule has 1 heterocycles. The van der Waals surface area contributed by atoms with E-state index in [-0.39, 0.29) is 11.9 Å². The van der Waals surface area contributed by atoms with Gasteiger partial charge in [0.2, 0.25) is 0 Å². The molecule has 0 bridgehead atoms. The third-order valence-electron chi connectivity index (χ3n) is 3.78. The molecule has 1 aliphatic rings. The van der Waals surface area contributed by atoms with Crippen LogP contribution in [0.5, 0.6) is 5.75 Å². The van der Waals surface area contributed by atoms with Gasteiger partial charge < -0.3 is 20.1 Å². The minimum absolute atomic E-state index is 0.243. The van der Waals surface area contributed by atoms with Crippen LogP contribution in [0.2, 0.25) is 5.02 Å². The van der Waals surface area contributed by atoms with E-state index in [1.807, 2.05) is 6.92 Å². The number of amides is 2. The van der Waals surface area contributed by atoms with Crippen LogP contribution in [0, 0.1) is 5.92 Å². The van der Waals surface area contributed by atoms with Gasteiger partial charge in [-0.2, -0.15) is 0 Å². The highest BCUT2D eigenvalue weighted by Crippen LogP contribution is 2.28. The van der Waals surface area contributed by atoms with Gasteiger partial charge in [-0.3, -0.25) is 4.79 Å². The Bertz CT molecular complexity index is 571. The molecule has 126 valence electrons. The smallest absolute Gasteiger partial charge is 0.321 e. The number of anilines is 1. The first-order chi connectivity index (χ1) is 11.0. The van der Waals surface area contributed by atoms with E-state index in [4.69, 9.17) is 21.4 Å². The maximum absolute atomic E-state index is 12.2. The standard InChI is InChI=1S/C16H21ClN2O4/c1-2-9-23-14-4-3-12(10-13(14)17)18-16(22)19-7-5-11(6-8-19)15(20)21/h3-4,10-11H,2,5-9H2,1H3,(H,18,22)(H,20,21). The van der Waals surface area contributed by atoms with Crippen LogP contribution >= 0.6 is 11.6 Å². The number of nitrogens with one attached hydrogen (secondary N) is 1. The highest BCUT2D eigenvalue weighted by Gasteiger charge is 2.27. The van der Waals surface area contributed by atoms with Gasteiger partial charge in [-0.1, -0.05) is 18.5 Å². The second-order valence-corrected chi connectivity index (χ2v) is 5.93. The van der Waals surface area contributed by atoms with Crippen molar-refractivity contribution in [2.24, 2.45) is 5.92 Å². The number of carbonyl (C=O) groups is 2. The second-order valence-electron chi connectivity index (χ2n) is 5.52. The highest BCUT2D eigenvalue weighted by molar-refractivity contribution is 6.32. The fourth-order valence-corrected chi connectivity index (χ4v) is 2.67. The molecular formula is C16H21ClN2O4. The Labute approximate surface area is 140 Å². The minimum atomic E-state index is -0.792. The molecule has 0 radical (unpaired) electrons. The van der Waals surface area contributed by atoms with Gasteiger partial charge in [0.15, 0.2) is 0 Å². The number of benzene rings is 1. The Morgan fingerprint density at radius 3 is 2.65 bits per heavy atom. The molecule has 2 N–H and O–H groups in total. The maximum atomic E-state index is 12.2. The number of hydrogen-bond acceptors (Lipinski definition) is 3. The van der Waals surface area contributed by atoms with E-state index < -0.39 is 5.97 Å². The normalized spacial score (nSPS) is 15.3. The molecule has 0 saturated carbocycles. The van der Waals surface area contributed by atoms with Gasteiger partial charge in [0.1, 0.15) is 5.75 Å². The van der Waals surface area contributed by atoms with Crippen molar-refractivity contribution in [2.75, 3.05) is 25.0 Å². The summed E-state index contributed by atoms with van der Waals surface area (Å²) in [6.07, 6.45) is 1.85. The lowest BCUT2D eigenvalue weighted by atomic mass is 9.97. The minimum Gasteiger partial charge on any atom is -0.492 e. The number of hydrogen-bond donors (Lipinski definition) is 2. The van der Waals surface area contributed by atoms with Crippen LogP contribution in [0.3, 0.4) is 0 Å². The lowest BCUT2D eigenvalue weighted by Crippen LogP contribution is -2.42. The SMILES string of the molecule is CCCOc1ccc(NC(=O)N2CCC(C(=O)O)CC2)cc1Cl. The van der Waals surface area contributed by atoms with Crippen molar-refractivity contribution < 1.29 is 19.4 Å². The van der Waals surface area contributed by atoms with Crippen molar-refractivity contribution in [3.63, 3.8) is 0 Å². The summed E-state index contributed by atoms with van der Waals surface area (Å²) in [6.45, 7) is 3.47. The van der Waals surface area contributed by atoms with Gasteiger partial charge in [0, 0.05) is 18.8 Å². The van der Waals surface area contributed by atoms with Gasteiger partial charge in [-0.25, -0.2) is 4.79 Å². The number of urea groups is 1. The van der Waals surface area contributed by atoms with Crippen molar-refractivity contribution >= 4 is 29.3 Å². The maximum Gasteiger partial charge on any atom is 0.321 e. The first-order valence-corrected chi connectivity index (χ1v) is 8.10. The Kier molecular flexibility index (Phi) is 6.10. The summed E-state index contributed by atoms with van der Waals surface area (Å²) in [5, 5.41) is 12.2. The van der Waals surface area contributed by atoms with Crippen LogP contribution in [0.25, 0.3) is 0 Å². The van der Waals surface area contributed by atoms with Crippen molar-refractivity contribution in [3.05, 3.63) is 23.2 Å². The van der Waals surface area contributed by atoms with Gasteiger partial charge in [0.05, 0.1) is 17.5 Å². The summed E-state index contributed by atoms with van der Waals surface area (Å²) in [4.78, 5) is 24.7. The van der Waals surface area contributed by atoms with E-state index in [1.54, 1.807) is 23.1 Å². The summed E-state index contributed by atoms with van der Waals surface area (Å²) in [5.74, 6) is -0.559. The van der Waals surface area contributed by atoms with Crippen molar-refractivity contribution in [2.45, 2.75) is 26.2 Å². The molecule has 0 atom stereocenters. The third kappa shape index (κ3) is 4.76. The number of rotatable bonds is 5. The van der Waals surface area contributed by atoms with Crippen LogP contribution in [-0.2, 0) is 4.79 Å². The largest absolute Gasteiger partial charge is 0.492 e. The number of carbonyl (C=O) groups excluding carboxylic acids is 1. The van der Waals surface area contributed by atoms with E-state index in [1.165, 1.54) is 0 Å². The van der Waals surface area contributed by atoms with E-state index in [0.717, 1.165) is 6.42 Å². The molecule has 7 heteroatoms. The first-order valence-electron chi connectivity index (χ1n) is 7.72. The number of piperidine rings is 1. The third-order valence-corrected chi connectivity index (χ3v) is 4.07. The Balaban J connectivity index is 1.90. The number of likely N-dealkylation sites (tertiary alicyclic amines) is 1. The van der Waals surface area contributed by atoms with Crippen LogP contribution in [0.1, 0.15) is 26.2 Å². The fourth-order valence-electron chi connectivity index (χ4n) is 2.44. The first kappa shape index (κ1) is 17.4. The predicted octanol–water partition coefficient (Wildman–Crippen LogP) is 3.46. The summed E-state index contributed by atoms with van der Waals surface area (Å²) >= 11 is 6.13.